The molecule has 2 heteroatoms. The average Bonchev–Trinajstić information content (AvgIpc) is 2.20. The molecule has 1 aromatic carbocycles. The van der Waals surface area contributed by atoms with Crippen molar-refractivity contribution in [3.63, 3.8) is 0 Å². The van der Waals surface area contributed by atoms with Crippen LogP contribution >= 0.6 is 0 Å². The summed E-state index contributed by atoms with van der Waals surface area (Å²) in [4.78, 5) is 2.00. The van der Waals surface area contributed by atoms with Gasteiger partial charge in [0.25, 0.3) is 0 Å². The average molecular weight is 204 g/mol. The molecule has 0 aliphatic heterocycles. The van der Waals surface area contributed by atoms with Gasteiger partial charge in [0.15, 0.2) is 0 Å². The molecule has 0 saturated carbocycles. The number of aryl methyl sites for hydroxylation is 1. The Labute approximate surface area is 92.4 Å². The second-order valence-electron chi connectivity index (χ2n) is 4.38. The van der Waals surface area contributed by atoms with Crippen molar-refractivity contribution < 1.29 is 0 Å². The molecule has 0 saturated heterocycles. The van der Waals surface area contributed by atoms with E-state index >= 15 is 0 Å². The maximum atomic E-state index is 7.87. The predicted octanol–water partition coefficient (Wildman–Crippen LogP) is 3.06. The van der Waals surface area contributed by atoms with Crippen LogP contribution in [0.4, 0.5) is 0 Å². The molecule has 0 atom stereocenters. The first-order chi connectivity index (χ1) is 7.00. The number of hydrogen-bond acceptors (Lipinski definition) is 1. The fraction of sp³-hybridized carbons (Fsp3) is 0.462. The lowest BCUT2D eigenvalue weighted by Gasteiger charge is -2.22. The Morgan fingerprint density at radius 2 is 1.80 bits per heavy atom. The van der Waals surface area contributed by atoms with Crippen molar-refractivity contribution in [3.8, 4) is 0 Å². The van der Waals surface area contributed by atoms with Gasteiger partial charge >= 0.3 is 0 Å². The summed E-state index contributed by atoms with van der Waals surface area (Å²) in [5.41, 5.74) is 2.54. The van der Waals surface area contributed by atoms with Crippen molar-refractivity contribution in [1.82, 2.24) is 4.90 Å². The second-order valence-corrected chi connectivity index (χ2v) is 4.38. The fourth-order valence-electron chi connectivity index (χ4n) is 1.49. The Morgan fingerprint density at radius 3 is 2.27 bits per heavy atom. The van der Waals surface area contributed by atoms with E-state index in [4.69, 9.17) is 5.41 Å². The summed E-state index contributed by atoms with van der Waals surface area (Å²) in [6.45, 7) is 7.00. The van der Waals surface area contributed by atoms with Crippen LogP contribution in [0, 0.1) is 18.3 Å². The lowest BCUT2D eigenvalue weighted by atomic mass is 10.1. The van der Waals surface area contributed by atoms with Crippen LogP contribution in [0.2, 0.25) is 0 Å². The summed E-state index contributed by atoms with van der Waals surface area (Å²) in [5, 5.41) is 7.87. The standard InChI is InChI=1S/C13H20N2/c1-10(2)13(14)15(4)9-12-7-5-11(3)6-8-12/h5-8,10,14H,9H2,1-4H3. The van der Waals surface area contributed by atoms with Gasteiger partial charge < -0.3 is 4.90 Å². The van der Waals surface area contributed by atoms with E-state index in [0.29, 0.717) is 11.8 Å². The highest BCUT2D eigenvalue weighted by molar-refractivity contribution is 5.80. The topological polar surface area (TPSA) is 27.1 Å². The Hall–Kier alpha value is -1.31. The van der Waals surface area contributed by atoms with E-state index in [1.54, 1.807) is 0 Å². The van der Waals surface area contributed by atoms with Gasteiger partial charge in [-0.1, -0.05) is 43.7 Å². The third-order valence-corrected chi connectivity index (χ3v) is 2.50. The minimum Gasteiger partial charge on any atom is -0.359 e. The van der Waals surface area contributed by atoms with Crippen LogP contribution in [-0.2, 0) is 6.54 Å². The first-order valence-corrected chi connectivity index (χ1v) is 5.36. The zero-order valence-electron chi connectivity index (χ0n) is 10.0. The zero-order chi connectivity index (χ0) is 11.4. The van der Waals surface area contributed by atoms with Gasteiger partial charge in [-0.2, -0.15) is 0 Å². The molecule has 0 spiro atoms. The summed E-state index contributed by atoms with van der Waals surface area (Å²) in [6.07, 6.45) is 0. The maximum Gasteiger partial charge on any atom is 0.0984 e. The highest BCUT2D eigenvalue weighted by Crippen LogP contribution is 2.08. The summed E-state index contributed by atoms with van der Waals surface area (Å²) in [6, 6.07) is 8.48. The maximum absolute atomic E-state index is 7.87. The molecule has 0 heterocycles. The van der Waals surface area contributed by atoms with Crippen LogP contribution < -0.4 is 0 Å². The zero-order valence-corrected chi connectivity index (χ0v) is 10.0. The van der Waals surface area contributed by atoms with Crippen molar-refractivity contribution in [3.05, 3.63) is 35.4 Å². The molecule has 2 nitrogen and oxygen atoms in total. The van der Waals surface area contributed by atoms with Crippen LogP contribution in [0.3, 0.4) is 0 Å². The molecular weight excluding hydrogens is 184 g/mol. The highest BCUT2D eigenvalue weighted by atomic mass is 15.1. The summed E-state index contributed by atoms with van der Waals surface area (Å²) >= 11 is 0. The summed E-state index contributed by atoms with van der Waals surface area (Å²) in [5.74, 6) is 0.982. The van der Waals surface area contributed by atoms with Gasteiger partial charge in [0.2, 0.25) is 0 Å². The number of amidine groups is 1. The Morgan fingerprint density at radius 1 is 1.27 bits per heavy atom. The monoisotopic (exact) mass is 204 g/mol. The van der Waals surface area contributed by atoms with Gasteiger partial charge in [-0.25, -0.2) is 0 Å². The number of hydrogen-bond donors (Lipinski definition) is 1. The van der Waals surface area contributed by atoms with Crippen LogP contribution in [0.15, 0.2) is 24.3 Å². The molecule has 0 aliphatic carbocycles. The van der Waals surface area contributed by atoms with Gasteiger partial charge in [0, 0.05) is 19.5 Å². The minimum absolute atomic E-state index is 0.292. The molecule has 0 fully saturated rings. The van der Waals surface area contributed by atoms with E-state index in [0.717, 1.165) is 6.54 Å². The molecule has 0 aromatic heterocycles. The predicted molar refractivity (Wildman–Crippen MR) is 65.2 cm³/mol. The van der Waals surface area contributed by atoms with Gasteiger partial charge in [0.1, 0.15) is 0 Å². The van der Waals surface area contributed by atoms with Crippen molar-refractivity contribution in [2.45, 2.75) is 27.3 Å². The molecular formula is C13H20N2. The molecule has 15 heavy (non-hydrogen) atoms. The quantitative estimate of drug-likeness (QED) is 0.594. The SMILES string of the molecule is Cc1ccc(CN(C)C(=N)C(C)C)cc1. The molecule has 0 amide bonds. The molecule has 0 aliphatic rings. The molecule has 0 unspecified atom stereocenters. The summed E-state index contributed by atoms with van der Waals surface area (Å²) in [7, 11) is 1.97. The van der Waals surface area contributed by atoms with Crippen LogP contribution in [0.1, 0.15) is 25.0 Å². The molecule has 0 bridgehead atoms. The Bertz CT molecular complexity index is 325. The van der Waals surface area contributed by atoms with Gasteiger partial charge in [-0.05, 0) is 12.5 Å². The van der Waals surface area contributed by atoms with Crippen LogP contribution in [0.25, 0.3) is 0 Å². The molecule has 1 N–H and O–H groups in total. The van der Waals surface area contributed by atoms with Crippen molar-refractivity contribution >= 4 is 5.84 Å². The minimum atomic E-state index is 0.292. The third-order valence-electron chi connectivity index (χ3n) is 2.50. The van der Waals surface area contributed by atoms with E-state index in [2.05, 4.69) is 31.2 Å². The lowest BCUT2D eigenvalue weighted by molar-refractivity contribution is 0.468. The van der Waals surface area contributed by atoms with E-state index in [-0.39, 0.29) is 0 Å². The molecule has 0 radical (unpaired) electrons. The van der Waals surface area contributed by atoms with Gasteiger partial charge in [-0.15, -0.1) is 0 Å². The fourth-order valence-corrected chi connectivity index (χ4v) is 1.49. The van der Waals surface area contributed by atoms with Crippen molar-refractivity contribution in [1.29, 1.82) is 5.41 Å². The first-order valence-electron chi connectivity index (χ1n) is 5.36. The first kappa shape index (κ1) is 11.8. The van der Waals surface area contributed by atoms with Crippen molar-refractivity contribution in [2.75, 3.05) is 7.05 Å². The normalized spacial score (nSPS) is 10.5. The van der Waals surface area contributed by atoms with E-state index in [1.165, 1.54) is 11.1 Å². The number of nitrogens with one attached hydrogen (secondary N) is 1. The number of benzene rings is 1. The third kappa shape index (κ3) is 3.39. The number of nitrogens with zero attached hydrogens (tertiary/aromatic N) is 1. The Balaban J connectivity index is 2.62. The van der Waals surface area contributed by atoms with Crippen molar-refractivity contribution in [2.24, 2.45) is 5.92 Å². The van der Waals surface area contributed by atoms with E-state index in [1.807, 2.05) is 25.8 Å². The van der Waals surface area contributed by atoms with E-state index < -0.39 is 0 Å². The molecule has 1 aromatic rings. The Kier molecular flexibility index (Phi) is 3.89. The van der Waals surface area contributed by atoms with Gasteiger partial charge in [-0.3, -0.25) is 5.41 Å². The largest absolute Gasteiger partial charge is 0.359 e. The lowest BCUT2D eigenvalue weighted by Crippen LogP contribution is -2.29. The highest BCUT2D eigenvalue weighted by Gasteiger charge is 2.08. The van der Waals surface area contributed by atoms with Crippen LogP contribution in [0.5, 0.6) is 0 Å². The number of rotatable bonds is 3. The molecule has 1 rings (SSSR count). The van der Waals surface area contributed by atoms with Crippen LogP contribution in [-0.4, -0.2) is 17.8 Å². The smallest absolute Gasteiger partial charge is 0.0984 e. The second kappa shape index (κ2) is 4.96. The molecule has 82 valence electrons. The van der Waals surface area contributed by atoms with E-state index in [9.17, 15) is 0 Å². The van der Waals surface area contributed by atoms with Gasteiger partial charge in [0.05, 0.1) is 5.84 Å². The summed E-state index contributed by atoms with van der Waals surface area (Å²) < 4.78 is 0.